The smallest absolute Gasteiger partial charge is 0.338 e. The zero-order valence-corrected chi connectivity index (χ0v) is 18.1. The third-order valence-electron chi connectivity index (χ3n) is 5.81. The Morgan fingerprint density at radius 3 is 2.50 bits per heavy atom. The first-order chi connectivity index (χ1) is 13.6. The number of esters is 1. The molecule has 2 aromatic carbocycles. The molecule has 1 aromatic heterocycles. The van der Waals surface area contributed by atoms with Crippen molar-refractivity contribution in [3.05, 3.63) is 59.8 Å². The van der Waals surface area contributed by atoms with Crippen molar-refractivity contribution in [3.8, 4) is 22.6 Å². The quantitative estimate of drug-likeness (QED) is 0.329. The van der Waals surface area contributed by atoms with E-state index in [2.05, 4.69) is 49.4 Å². The molecule has 0 aliphatic rings. The van der Waals surface area contributed by atoms with Gasteiger partial charge in [0.2, 0.25) is 0 Å². The molecule has 144 valence electrons. The van der Waals surface area contributed by atoms with Crippen LogP contribution in [0.15, 0.2) is 48.7 Å². The van der Waals surface area contributed by atoms with Crippen molar-refractivity contribution in [1.29, 1.82) is 0 Å². The average molecular weight is 390 g/mol. The summed E-state index contributed by atoms with van der Waals surface area (Å²) in [6.07, 6.45) is 1.92. The van der Waals surface area contributed by atoms with Gasteiger partial charge in [0.05, 0.1) is 12.7 Å². The summed E-state index contributed by atoms with van der Waals surface area (Å²) in [7, 11) is -0.175. The number of aromatic nitrogens is 1. The Morgan fingerprint density at radius 1 is 1.07 bits per heavy atom. The standard InChI is InChI=1S/C24H27NO2Si/c1-5-28(6-2,7-3)16-14-19-9-8-10-21(24(26)27-4)23(19)20-12-11-18-13-15-25-22(18)17-20/h8-13,15,17,25H,5-7H2,1-4H3. The largest absolute Gasteiger partial charge is 0.465 e. The van der Waals surface area contributed by atoms with Crippen molar-refractivity contribution in [1.82, 2.24) is 4.98 Å². The molecule has 0 radical (unpaired) electrons. The van der Waals surface area contributed by atoms with Crippen LogP contribution in [0.3, 0.4) is 0 Å². The normalized spacial score (nSPS) is 11.1. The van der Waals surface area contributed by atoms with Crippen LogP contribution >= 0.6 is 0 Å². The van der Waals surface area contributed by atoms with Crippen molar-refractivity contribution in [2.75, 3.05) is 7.11 Å². The molecule has 3 nitrogen and oxygen atoms in total. The maximum atomic E-state index is 12.5. The summed E-state index contributed by atoms with van der Waals surface area (Å²) < 4.78 is 5.05. The van der Waals surface area contributed by atoms with E-state index in [0.29, 0.717) is 5.56 Å². The maximum Gasteiger partial charge on any atom is 0.338 e. The van der Waals surface area contributed by atoms with E-state index >= 15 is 0 Å². The number of nitrogens with one attached hydrogen (secondary N) is 1. The Labute approximate surface area is 168 Å². The predicted molar refractivity (Wildman–Crippen MR) is 119 cm³/mol. The Bertz CT molecular complexity index is 1040. The fourth-order valence-corrected chi connectivity index (χ4v) is 6.10. The molecule has 0 saturated heterocycles. The minimum atomic E-state index is -1.59. The monoisotopic (exact) mass is 389 g/mol. The Hall–Kier alpha value is -2.77. The van der Waals surface area contributed by atoms with Gasteiger partial charge in [0.25, 0.3) is 0 Å². The SMILES string of the molecule is CC[Si](C#Cc1cccc(C(=O)OC)c1-c1ccc2cc[nH]c2c1)(CC)CC. The maximum absolute atomic E-state index is 12.5. The number of H-pyrrole nitrogens is 1. The first-order valence-corrected chi connectivity index (χ1v) is 12.5. The molecule has 1 heterocycles. The molecule has 0 amide bonds. The van der Waals surface area contributed by atoms with Gasteiger partial charge >= 0.3 is 5.97 Å². The van der Waals surface area contributed by atoms with Crippen LogP contribution in [-0.4, -0.2) is 26.1 Å². The summed E-state index contributed by atoms with van der Waals surface area (Å²) in [5.74, 6) is 3.12. The Kier molecular flexibility index (Phi) is 6.06. The second-order valence-corrected chi connectivity index (χ2v) is 12.0. The molecule has 28 heavy (non-hydrogen) atoms. The topological polar surface area (TPSA) is 42.1 Å². The number of aromatic amines is 1. The van der Waals surface area contributed by atoms with Gasteiger partial charge in [-0.15, -0.1) is 5.54 Å². The summed E-state index contributed by atoms with van der Waals surface area (Å²) in [5.41, 5.74) is 7.95. The van der Waals surface area contributed by atoms with E-state index < -0.39 is 8.07 Å². The van der Waals surface area contributed by atoms with E-state index in [-0.39, 0.29) is 5.97 Å². The van der Waals surface area contributed by atoms with Crippen LogP contribution in [0.2, 0.25) is 18.1 Å². The molecule has 1 N–H and O–H groups in total. The molecule has 0 fully saturated rings. The van der Waals surface area contributed by atoms with Gasteiger partial charge in [-0.2, -0.15) is 0 Å². The highest BCUT2D eigenvalue weighted by Crippen LogP contribution is 2.31. The lowest BCUT2D eigenvalue weighted by molar-refractivity contribution is 0.0601. The molecule has 0 atom stereocenters. The number of hydrogen-bond donors (Lipinski definition) is 1. The number of fused-ring (bicyclic) bond motifs is 1. The van der Waals surface area contributed by atoms with Crippen molar-refractivity contribution >= 4 is 24.9 Å². The lowest BCUT2D eigenvalue weighted by atomic mass is 9.94. The van der Waals surface area contributed by atoms with Crippen molar-refractivity contribution in [3.63, 3.8) is 0 Å². The van der Waals surface area contributed by atoms with Crippen molar-refractivity contribution in [2.24, 2.45) is 0 Å². The summed E-state index contributed by atoms with van der Waals surface area (Å²) in [6, 6.07) is 17.4. The second kappa shape index (κ2) is 8.49. The molecule has 3 aromatic rings. The molecule has 0 unspecified atom stereocenters. The number of ether oxygens (including phenoxy) is 1. The minimum absolute atomic E-state index is 0.338. The van der Waals surface area contributed by atoms with Crippen LogP contribution in [0, 0.1) is 11.5 Å². The van der Waals surface area contributed by atoms with Crippen LogP contribution in [0.25, 0.3) is 22.0 Å². The lowest BCUT2D eigenvalue weighted by Gasteiger charge is -2.20. The molecule has 0 bridgehead atoms. The number of rotatable bonds is 5. The van der Waals surface area contributed by atoms with Crippen LogP contribution in [-0.2, 0) is 4.74 Å². The van der Waals surface area contributed by atoms with Gasteiger partial charge in [-0.1, -0.05) is 44.9 Å². The average Bonchev–Trinajstić information content (AvgIpc) is 3.22. The number of methoxy groups -OCH3 is 1. The number of carbonyl (C=O) groups excluding carboxylic acids is 1. The van der Waals surface area contributed by atoms with E-state index in [1.54, 1.807) is 0 Å². The number of benzene rings is 2. The van der Waals surface area contributed by atoms with Gasteiger partial charge in [-0.3, -0.25) is 0 Å². The molecular weight excluding hydrogens is 362 g/mol. The molecule has 0 spiro atoms. The predicted octanol–water partition coefficient (Wildman–Crippen LogP) is 6.02. The summed E-state index contributed by atoms with van der Waals surface area (Å²) in [5, 5.41) is 1.14. The van der Waals surface area contributed by atoms with Gasteiger partial charge in [-0.05, 0) is 53.3 Å². The van der Waals surface area contributed by atoms with E-state index in [1.165, 1.54) is 7.11 Å². The fraction of sp³-hybridized carbons (Fsp3) is 0.292. The van der Waals surface area contributed by atoms with Gasteiger partial charge in [0, 0.05) is 22.8 Å². The molecular formula is C24H27NO2Si. The number of hydrogen-bond acceptors (Lipinski definition) is 2. The van der Waals surface area contributed by atoms with Gasteiger partial charge < -0.3 is 9.72 Å². The number of carbonyl (C=O) groups is 1. The van der Waals surface area contributed by atoms with Gasteiger partial charge in [0.1, 0.15) is 8.07 Å². The van der Waals surface area contributed by atoms with E-state index in [1.807, 2.05) is 36.5 Å². The first-order valence-electron chi connectivity index (χ1n) is 9.89. The second-order valence-electron chi connectivity index (χ2n) is 7.09. The highest BCUT2D eigenvalue weighted by atomic mass is 28.3. The summed E-state index contributed by atoms with van der Waals surface area (Å²) in [4.78, 5) is 15.7. The van der Waals surface area contributed by atoms with E-state index in [9.17, 15) is 4.79 Å². The molecule has 0 aliphatic carbocycles. The zero-order valence-electron chi connectivity index (χ0n) is 17.1. The third kappa shape index (κ3) is 3.76. The highest BCUT2D eigenvalue weighted by molar-refractivity contribution is 6.87. The fourth-order valence-electron chi connectivity index (χ4n) is 3.67. The van der Waals surface area contributed by atoms with Crippen molar-refractivity contribution < 1.29 is 9.53 Å². The van der Waals surface area contributed by atoms with Gasteiger partial charge in [-0.25, -0.2) is 4.79 Å². The Balaban J connectivity index is 2.22. The van der Waals surface area contributed by atoms with Crippen LogP contribution < -0.4 is 0 Å². The lowest BCUT2D eigenvalue weighted by Crippen LogP contribution is -2.29. The molecule has 3 rings (SSSR count). The van der Waals surface area contributed by atoms with E-state index in [0.717, 1.165) is 45.7 Å². The van der Waals surface area contributed by atoms with Crippen LogP contribution in [0.1, 0.15) is 36.7 Å². The van der Waals surface area contributed by atoms with Crippen LogP contribution in [0.5, 0.6) is 0 Å². The van der Waals surface area contributed by atoms with E-state index in [4.69, 9.17) is 4.74 Å². The zero-order chi connectivity index (χ0) is 20.1. The molecule has 0 aliphatic heterocycles. The van der Waals surface area contributed by atoms with Gasteiger partial charge in [0.15, 0.2) is 0 Å². The van der Waals surface area contributed by atoms with Crippen molar-refractivity contribution in [2.45, 2.75) is 38.9 Å². The highest BCUT2D eigenvalue weighted by Gasteiger charge is 2.24. The third-order valence-corrected chi connectivity index (χ3v) is 10.5. The summed E-state index contributed by atoms with van der Waals surface area (Å²) in [6.45, 7) is 6.75. The molecule has 0 saturated carbocycles. The first kappa shape index (κ1) is 20.0. The Morgan fingerprint density at radius 2 is 1.82 bits per heavy atom. The van der Waals surface area contributed by atoms with Crippen LogP contribution in [0.4, 0.5) is 0 Å². The summed E-state index contributed by atoms with van der Waals surface area (Å²) >= 11 is 0. The minimum Gasteiger partial charge on any atom is -0.465 e. The molecule has 4 heteroatoms.